The Bertz CT molecular complexity index is 1000. The number of rotatable bonds is 6. The van der Waals surface area contributed by atoms with Gasteiger partial charge in [-0.15, -0.1) is 0 Å². The SMILES string of the molecule is CN=C(NCc1coc(-c2ccccc2)n1)NC1CCCN(c2cccc(OC)c2)C1. The number of ether oxygens (including phenoxy) is 1. The average Bonchev–Trinajstić information content (AvgIpc) is 3.31. The van der Waals surface area contributed by atoms with Gasteiger partial charge in [0.15, 0.2) is 5.96 Å². The zero-order valence-electron chi connectivity index (χ0n) is 18.0. The Morgan fingerprint density at radius 1 is 1.23 bits per heavy atom. The fourth-order valence-corrected chi connectivity index (χ4v) is 3.80. The highest BCUT2D eigenvalue weighted by Gasteiger charge is 2.21. The fourth-order valence-electron chi connectivity index (χ4n) is 3.80. The number of nitrogens with zero attached hydrogens (tertiary/aromatic N) is 3. The van der Waals surface area contributed by atoms with Gasteiger partial charge in [0.2, 0.25) is 5.89 Å². The molecule has 7 heteroatoms. The zero-order chi connectivity index (χ0) is 21.5. The molecule has 31 heavy (non-hydrogen) atoms. The smallest absolute Gasteiger partial charge is 0.226 e. The first-order valence-corrected chi connectivity index (χ1v) is 10.6. The van der Waals surface area contributed by atoms with Gasteiger partial charge in [-0.05, 0) is 37.1 Å². The molecule has 1 atom stereocenters. The number of hydrogen-bond acceptors (Lipinski definition) is 5. The lowest BCUT2D eigenvalue weighted by atomic mass is 10.0. The van der Waals surface area contributed by atoms with Crippen molar-refractivity contribution in [1.82, 2.24) is 15.6 Å². The second-order valence-corrected chi connectivity index (χ2v) is 7.57. The highest BCUT2D eigenvalue weighted by atomic mass is 16.5. The molecular formula is C24H29N5O2. The first-order valence-electron chi connectivity index (χ1n) is 10.6. The summed E-state index contributed by atoms with van der Waals surface area (Å²) in [6, 6.07) is 18.4. The summed E-state index contributed by atoms with van der Waals surface area (Å²) in [6.07, 6.45) is 3.91. The highest BCUT2D eigenvalue weighted by Crippen LogP contribution is 2.24. The van der Waals surface area contributed by atoms with Gasteiger partial charge in [0.1, 0.15) is 12.0 Å². The van der Waals surface area contributed by atoms with Crippen LogP contribution in [0, 0.1) is 0 Å². The molecule has 0 saturated carbocycles. The molecule has 3 aromatic rings. The molecule has 1 aromatic heterocycles. The first kappa shape index (κ1) is 20.8. The Morgan fingerprint density at radius 3 is 2.90 bits per heavy atom. The summed E-state index contributed by atoms with van der Waals surface area (Å²) in [5, 5.41) is 6.90. The summed E-state index contributed by atoms with van der Waals surface area (Å²) in [5.41, 5.74) is 2.99. The molecule has 0 amide bonds. The normalized spacial score (nSPS) is 16.8. The number of guanidine groups is 1. The number of hydrogen-bond donors (Lipinski definition) is 2. The number of aliphatic imine (C=N–C) groups is 1. The van der Waals surface area contributed by atoms with Gasteiger partial charge in [-0.1, -0.05) is 24.3 Å². The maximum absolute atomic E-state index is 5.62. The van der Waals surface area contributed by atoms with Crippen molar-refractivity contribution >= 4 is 11.6 Å². The molecule has 0 aliphatic carbocycles. The first-order chi connectivity index (χ1) is 15.2. The van der Waals surface area contributed by atoms with Crippen LogP contribution >= 0.6 is 0 Å². The van der Waals surface area contributed by atoms with Crippen molar-refractivity contribution in [2.75, 3.05) is 32.1 Å². The molecule has 1 aliphatic rings. The molecule has 2 heterocycles. The van der Waals surface area contributed by atoms with Crippen LogP contribution in [0.1, 0.15) is 18.5 Å². The van der Waals surface area contributed by atoms with Crippen molar-refractivity contribution in [3.05, 3.63) is 66.6 Å². The quantitative estimate of drug-likeness (QED) is 0.469. The Kier molecular flexibility index (Phi) is 6.72. The second kappa shape index (κ2) is 10.0. The maximum Gasteiger partial charge on any atom is 0.226 e. The van der Waals surface area contributed by atoms with Crippen LogP contribution in [0.4, 0.5) is 5.69 Å². The van der Waals surface area contributed by atoms with Crippen LogP contribution in [0.2, 0.25) is 0 Å². The van der Waals surface area contributed by atoms with Crippen LogP contribution in [-0.4, -0.2) is 44.2 Å². The molecule has 7 nitrogen and oxygen atoms in total. The van der Waals surface area contributed by atoms with E-state index in [1.807, 2.05) is 42.5 Å². The van der Waals surface area contributed by atoms with E-state index in [0.29, 0.717) is 18.5 Å². The molecule has 162 valence electrons. The molecule has 2 N–H and O–H groups in total. The third-order valence-electron chi connectivity index (χ3n) is 5.41. The Hall–Kier alpha value is -3.48. The van der Waals surface area contributed by atoms with Crippen molar-refractivity contribution in [3.8, 4) is 17.2 Å². The Labute approximate surface area is 183 Å². The predicted octanol–water partition coefficient (Wildman–Crippen LogP) is 3.68. The van der Waals surface area contributed by atoms with Crippen LogP contribution in [0.15, 0.2) is 70.3 Å². The largest absolute Gasteiger partial charge is 0.497 e. The minimum atomic E-state index is 0.309. The van der Waals surface area contributed by atoms with Gasteiger partial charge in [0, 0.05) is 43.5 Å². The van der Waals surface area contributed by atoms with Gasteiger partial charge >= 0.3 is 0 Å². The van der Waals surface area contributed by atoms with Gasteiger partial charge in [-0.2, -0.15) is 0 Å². The molecule has 2 aromatic carbocycles. The lowest BCUT2D eigenvalue weighted by Crippen LogP contribution is -2.51. The molecule has 1 aliphatic heterocycles. The molecule has 4 rings (SSSR count). The van der Waals surface area contributed by atoms with Crippen LogP contribution < -0.4 is 20.3 Å². The number of piperidine rings is 1. The predicted molar refractivity (Wildman–Crippen MR) is 124 cm³/mol. The van der Waals surface area contributed by atoms with Crippen molar-refractivity contribution < 1.29 is 9.15 Å². The molecular weight excluding hydrogens is 390 g/mol. The summed E-state index contributed by atoms with van der Waals surface area (Å²) in [4.78, 5) is 11.3. The number of aromatic nitrogens is 1. The standard InChI is InChI=1S/C24H29N5O2/c1-25-24(26-15-20-17-31-23(27-20)18-8-4-3-5-9-18)28-19-10-7-13-29(16-19)21-11-6-12-22(14-21)30-2/h3-6,8-9,11-12,14,17,19H,7,10,13,15-16H2,1-2H3,(H2,25,26,28). The van der Waals surface area contributed by atoms with Crippen LogP contribution in [0.5, 0.6) is 5.75 Å². The van der Waals surface area contributed by atoms with E-state index in [-0.39, 0.29) is 0 Å². The van der Waals surface area contributed by atoms with Gasteiger partial charge in [-0.3, -0.25) is 4.99 Å². The van der Waals surface area contributed by atoms with Crippen LogP contribution in [-0.2, 0) is 6.54 Å². The monoisotopic (exact) mass is 419 g/mol. The van der Waals surface area contributed by atoms with E-state index in [0.717, 1.165) is 48.9 Å². The van der Waals surface area contributed by atoms with Crippen LogP contribution in [0.3, 0.4) is 0 Å². The molecule has 0 bridgehead atoms. The van der Waals surface area contributed by atoms with E-state index in [9.17, 15) is 0 Å². The summed E-state index contributed by atoms with van der Waals surface area (Å²) >= 11 is 0. The molecule has 1 unspecified atom stereocenters. The third kappa shape index (κ3) is 5.36. The molecule has 1 saturated heterocycles. The fraction of sp³-hybridized carbons (Fsp3) is 0.333. The molecule has 1 fully saturated rings. The van der Waals surface area contributed by atoms with Crippen molar-refractivity contribution in [1.29, 1.82) is 0 Å². The lowest BCUT2D eigenvalue weighted by molar-refractivity contribution is 0.414. The van der Waals surface area contributed by atoms with E-state index >= 15 is 0 Å². The highest BCUT2D eigenvalue weighted by molar-refractivity contribution is 5.80. The van der Waals surface area contributed by atoms with Gasteiger partial charge in [-0.25, -0.2) is 4.98 Å². The summed E-state index contributed by atoms with van der Waals surface area (Å²) in [6.45, 7) is 2.50. The maximum atomic E-state index is 5.62. The molecule has 0 radical (unpaired) electrons. The van der Waals surface area contributed by atoms with E-state index in [1.165, 1.54) is 5.69 Å². The number of oxazole rings is 1. The summed E-state index contributed by atoms with van der Waals surface area (Å²) in [5.74, 6) is 2.27. The van der Waals surface area contributed by atoms with Gasteiger partial charge < -0.3 is 24.7 Å². The van der Waals surface area contributed by atoms with E-state index < -0.39 is 0 Å². The topological polar surface area (TPSA) is 74.9 Å². The summed E-state index contributed by atoms with van der Waals surface area (Å²) < 4.78 is 11.0. The van der Waals surface area contributed by atoms with Gasteiger partial charge in [0.25, 0.3) is 0 Å². The van der Waals surface area contributed by atoms with Crippen LogP contribution in [0.25, 0.3) is 11.5 Å². The number of anilines is 1. The number of nitrogens with one attached hydrogen (secondary N) is 2. The third-order valence-corrected chi connectivity index (χ3v) is 5.41. The lowest BCUT2D eigenvalue weighted by Gasteiger charge is -2.35. The van der Waals surface area contributed by atoms with Crippen molar-refractivity contribution in [2.45, 2.75) is 25.4 Å². The second-order valence-electron chi connectivity index (χ2n) is 7.57. The average molecular weight is 420 g/mol. The van der Waals surface area contributed by atoms with E-state index in [4.69, 9.17) is 9.15 Å². The minimum absolute atomic E-state index is 0.309. The summed E-state index contributed by atoms with van der Waals surface area (Å²) in [7, 11) is 3.49. The number of methoxy groups -OCH3 is 1. The molecule has 0 spiro atoms. The Morgan fingerprint density at radius 2 is 2.10 bits per heavy atom. The van der Waals surface area contributed by atoms with E-state index in [1.54, 1.807) is 20.4 Å². The Balaban J connectivity index is 1.32. The number of benzene rings is 2. The van der Waals surface area contributed by atoms with E-state index in [2.05, 4.69) is 37.6 Å². The van der Waals surface area contributed by atoms with Crippen molar-refractivity contribution in [2.24, 2.45) is 4.99 Å². The minimum Gasteiger partial charge on any atom is -0.497 e. The zero-order valence-corrected chi connectivity index (χ0v) is 18.0. The van der Waals surface area contributed by atoms with Gasteiger partial charge in [0.05, 0.1) is 19.3 Å². The van der Waals surface area contributed by atoms with Crippen molar-refractivity contribution in [3.63, 3.8) is 0 Å².